The van der Waals surface area contributed by atoms with E-state index in [0.717, 1.165) is 22.4 Å². The van der Waals surface area contributed by atoms with Crippen molar-refractivity contribution in [3.8, 4) is 33.9 Å². The third kappa shape index (κ3) is 3.91. The van der Waals surface area contributed by atoms with Gasteiger partial charge in [-0.3, -0.25) is 14.2 Å². The summed E-state index contributed by atoms with van der Waals surface area (Å²) in [6, 6.07) is 27.5. The number of pyridine rings is 1. The SMILES string of the molecule is O=c1ccc(-c2ccc(-c3nc4nn(-c5ccccc5)cc4c(=O)n3-c3ccc(Cl)cc3)cc2)c[nH]1. The van der Waals surface area contributed by atoms with Crippen LogP contribution in [0.15, 0.2) is 113 Å². The Kier molecular flexibility index (Phi) is 5.32. The van der Waals surface area contributed by atoms with Crippen LogP contribution in [0.2, 0.25) is 5.02 Å². The van der Waals surface area contributed by atoms with Gasteiger partial charge in [-0.05, 0) is 53.6 Å². The first-order chi connectivity index (χ1) is 17.6. The predicted molar refractivity (Wildman–Crippen MR) is 141 cm³/mol. The van der Waals surface area contributed by atoms with E-state index in [1.807, 2.05) is 54.6 Å². The van der Waals surface area contributed by atoms with Crippen LogP contribution in [0.4, 0.5) is 0 Å². The van der Waals surface area contributed by atoms with Gasteiger partial charge in [0.15, 0.2) is 5.65 Å². The molecule has 0 amide bonds. The van der Waals surface area contributed by atoms with Crippen molar-refractivity contribution in [1.29, 1.82) is 0 Å². The number of fused-ring (bicyclic) bond motifs is 1. The minimum absolute atomic E-state index is 0.158. The Morgan fingerprint density at radius 1 is 0.722 bits per heavy atom. The van der Waals surface area contributed by atoms with E-state index in [2.05, 4.69) is 10.1 Å². The zero-order chi connectivity index (χ0) is 24.6. The molecule has 0 saturated carbocycles. The molecule has 3 aromatic heterocycles. The fourth-order valence-electron chi connectivity index (χ4n) is 4.10. The van der Waals surface area contributed by atoms with E-state index in [0.29, 0.717) is 27.6 Å². The maximum Gasteiger partial charge on any atom is 0.269 e. The van der Waals surface area contributed by atoms with Gasteiger partial charge in [-0.1, -0.05) is 54.1 Å². The van der Waals surface area contributed by atoms with Crippen molar-refractivity contribution in [1.82, 2.24) is 24.3 Å². The lowest BCUT2D eigenvalue weighted by Gasteiger charge is -2.13. The molecule has 0 radical (unpaired) electrons. The summed E-state index contributed by atoms with van der Waals surface area (Å²) >= 11 is 6.11. The van der Waals surface area contributed by atoms with Gasteiger partial charge in [0.2, 0.25) is 5.56 Å². The molecule has 1 N–H and O–H groups in total. The van der Waals surface area contributed by atoms with E-state index in [1.54, 1.807) is 52.0 Å². The van der Waals surface area contributed by atoms with Gasteiger partial charge in [0.25, 0.3) is 5.56 Å². The number of benzene rings is 3. The molecule has 0 saturated heterocycles. The van der Waals surface area contributed by atoms with Gasteiger partial charge in [-0.15, -0.1) is 5.10 Å². The largest absolute Gasteiger partial charge is 0.328 e. The zero-order valence-electron chi connectivity index (χ0n) is 18.8. The molecule has 0 aliphatic carbocycles. The molecular formula is C28H18ClN5O2. The first-order valence-electron chi connectivity index (χ1n) is 11.2. The van der Waals surface area contributed by atoms with Crippen LogP contribution in [0, 0.1) is 0 Å². The zero-order valence-corrected chi connectivity index (χ0v) is 19.6. The summed E-state index contributed by atoms with van der Waals surface area (Å²) in [4.78, 5) is 32.7. The van der Waals surface area contributed by atoms with Gasteiger partial charge in [0, 0.05) is 29.0 Å². The number of halogens is 1. The molecule has 36 heavy (non-hydrogen) atoms. The number of aromatic amines is 1. The standard InChI is InChI=1S/C28H18ClN5O2/c29-21-11-13-23(14-12-21)34-27(19-8-6-18(7-9-19)20-10-15-25(35)30-16-20)31-26-24(28(34)36)17-33(32-26)22-4-2-1-3-5-22/h1-17H,(H,30,35). The van der Waals surface area contributed by atoms with Crippen LogP contribution >= 0.6 is 11.6 Å². The minimum Gasteiger partial charge on any atom is -0.328 e. The van der Waals surface area contributed by atoms with E-state index in [-0.39, 0.29) is 11.1 Å². The van der Waals surface area contributed by atoms with Gasteiger partial charge in [0.05, 0.1) is 11.4 Å². The monoisotopic (exact) mass is 491 g/mol. The maximum absolute atomic E-state index is 13.8. The van der Waals surface area contributed by atoms with Crippen LogP contribution in [0.25, 0.3) is 44.9 Å². The molecule has 7 nitrogen and oxygen atoms in total. The molecule has 0 spiro atoms. The van der Waals surface area contributed by atoms with Crippen molar-refractivity contribution in [3.63, 3.8) is 0 Å². The van der Waals surface area contributed by atoms with Crippen LogP contribution in [-0.4, -0.2) is 24.3 Å². The summed E-state index contributed by atoms with van der Waals surface area (Å²) in [6.07, 6.45) is 3.37. The molecule has 6 rings (SSSR count). The highest BCUT2D eigenvalue weighted by Gasteiger charge is 2.18. The lowest BCUT2D eigenvalue weighted by atomic mass is 10.1. The van der Waals surface area contributed by atoms with Crippen LogP contribution in [0.3, 0.4) is 0 Å². The van der Waals surface area contributed by atoms with Gasteiger partial charge < -0.3 is 4.98 Å². The fraction of sp³-hybridized carbons (Fsp3) is 0. The number of hydrogen-bond donors (Lipinski definition) is 1. The molecule has 8 heteroatoms. The highest BCUT2D eigenvalue weighted by molar-refractivity contribution is 6.30. The fourth-order valence-corrected chi connectivity index (χ4v) is 4.23. The van der Waals surface area contributed by atoms with E-state index in [4.69, 9.17) is 16.6 Å². The third-order valence-corrected chi connectivity index (χ3v) is 6.17. The summed E-state index contributed by atoms with van der Waals surface area (Å²) in [7, 11) is 0. The molecular weight excluding hydrogens is 474 g/mol. The number of H-pyrrole nitrogens is 1. The summed E-state index contributed by atoms with van der Waals surface area (Å²) < 4.78 is 3.24. The number of nitrogens with one attached hydrogen (secondary N) is 1. The maximum atomic E-state index is 13.8. The summed E-state index contributed by atoms with van der Waals surface area (Å²) in [6.45, 7) is 0. The minimum atomic E-state index is -0.232. The van der Waals surface area contributed by atoms with E-state index >= 15 is 0 Å². The van der Waals surface area contributed by atoms with Gasteiger partial charge in [-0.2, -0.15) is 0 Å². The lowest BCUT2D eigenvalue weighted by Crippen LogP contribution is -2.21. The van der Waals surface area contributed by atoms with Crippen molar-refractivity contribution in [3.05, 3.63) is 129 Å². The van der Waals surface area contributed by atoms with Crippen LogP contribution in [0.1, 0.15) is 0 Å². The third-order valence-electron chi connectivity index (χ3n) is 5.92. The van der Waals surface area contributed by atoms with E-state index in [1.165, 1.54) is 6.07 Å². The van der Waals surface area contributed by atoms with Crippen LogP contribution in [0.5, 0.6) is 0 Å². The highest BCUT2D eigenvalue weighted by atomic mass is 35.5. The second-order valence-corrected chi connectivity index (χ2v) is 8.65. The molecule has 3 heterocycles. The van der Waals surface area contributed by atoms with Crippen molar-refractivity contribution in [2.24, 2.45) is 0 Å². The average molecular weight is 492 g/mol. The Balaban J connectivity index is 1.55. The van der Waals surface area contributed by atoms with Crippen LogP contribution < -0.4 is 11.1 Å². The van der Waals surface area contributed by atoms with Gasteiger partial charge >= 0.3 is 0 Å². The first kappa shape index (κ1) is 21.8. The Morgan fingerprint density at radius 3 is 2.11 bits per heavy atom. The van der Waals surface area contributed by atoms with Crippen molar-refractivity contribution in [2.45, 2.75) is 0 Å². The smallest absolute Gasteiger partial charge is 0.269 e. The molecule has 0 bridgehead atoms. The summed E-state index contributed by atoms with van der Waals surface area (Å²) in [5, 5.41) is 5.57. The number of aromatic nitrogens is 5. The molecule has 174 valence electrons. The second-order valence-electron chi connectivity index (χ2n) is 8.22. The molecule has 6 aromatic rings. The Morgan fingerprint density at radius 2 is 1.42 bits per heavy atom. The second kappa shape index (κ2) is 8.79. The molecule has 0 aliphatic heterocycles. The summed E-state index contributed by atoms with van der Waals surface area (Å²) in [5.74, 6) is 0.459. The molecule has 0 unspecified atom stereocenters. The van der Waals surface area contributed by atoms with Gasteiger partial charge in [0.1, 0.15) is 11.2 Å². The Labute approximate surface area is 209 Å². The van der Waals surface area contributed by atoms with Crippen LogP contribution in [-0.2, 0) is 0 Å². The van der Waals surface area contributed by atoms with E-state index in [9.17, 15) is 9.59 Å². The van der Waals surface area contributed by atoms with Gasteiger partial charge in [-0.25, -0.2) is 9.67 Å². The van der Waals surface area contributed by atoms with E-state index < -0.39 is 0 Å². The first-order valence-corrected chi connectivity index (χ1v) is 11.6. The Hall–Kier alpha value is -4.75. The molecule has 0 atom stereocenters. The number of hydrogen-bond acceptors (Lipinski definition) is 4. The van der Waals surface area contributed by atoms with Crippen molar-refractivity contribution in [2.75, 3.05) is 0 Å². The number of rotatable bonds is 4. The van der Waals surface area contributed by atoms with Crippen molar-refractivity contribution < 1.29 is 0 Å². The number of para-hydroxylation sites is 1. The normalized spacial score (nSPS) is 11.1. The molecule has 0 fully saturated rings. The molecule has 3 aromatic carbocycles. The lowest BCUT2D eigenvalue weighted by molar-refractivity contribution is 0.888. The van der Waals surface area contributed by atoms with Crippen molar-refractivity contribution >= 4 is 22.6 Å². The topological polar surface area (TPSA) is 85.6 Å². The molecule has 0 aliphatic rings. The predicted octanol–water partition coefficient (Wildman–Crippen LogP) is 5.25. The summed E-state index contributed by atoms with van der Waals surface area (Å²) in [5.41, 5.74) is 3.98. The Bertz CT molecular complexity index is 1800. The highest BCUT2D eigenvalue weighted by Crippen LogP contribution is 2.26. The average Bonchev–Trinajstić information content (AvgIpc) is 3.35. The number of nitrogens with zero attached hydrogens (tertiary/aromatic N) is 4. The quantitative estimate of drug-likeness (QED) is 0.365.